The minimum Gasteiger partial charge on any atom is -0.493 e. The Morgan fingerprint density at radius 3 is 2.42 bits per heavy atom. The van der Waals surface area contributed by atoms with Gasteiger partial charge in [0.2, 0.25) is 0 Å². The molecule has 1 fully saturated rings. The van der Waals surface area contributed by atoms with Gasteiger partial charge in [0.25, 0.3) is 0 Å². The molecular weight excluding hydrogens is 240 g/mol. The van der Waals surface area contributed by atoms with Crippen LogP contribution in [0.1, 0.15) is 16.7 Å². The monoisotopic (exact) mass is 264 g/mol. The molecule has 0 aromatic heterocycles. The molecule has 1 aliphatic rings. The summed E-state index contributed by atoms with van der Waals surface area (Å²) in [6.45, 7) is 9.49. The van der Waals surface area contributed by atoms with Crippen molar-refractivity contribution in [1.82, 2.24) is 10.2 Å². The Balaban J connectivity index is 2.33. The number of benzene rings is 1. The van der Waals surface area contributed by atoms with E-state index in [-0.39, 0.29) is 0 Å². The Kier molecular flexibility index (Phi) is 4.66. The molecule has 4 heteroatoms. The zero-order valence-electron chi connectivity index (χ0n) is 12.4. The minimum atomic E-state index is 0.829. The largest absolute Gasteiger partial charge is 0.493 e. The maximum atomic E-state index is 5.58. The van der Waals surface area contributed by atoms with Gasteiger partial charge < -0.3 is 14.8 Å². The van der Waals surface area contributed by atoms with Crippen molar-refractivity contribution < 1.29 is 9.47 Å². The molecule has 0 aliphatic carbocycles. The first-order chi connectivity index (χ1) is 9.17. The molecule has 106 valence electrons. The number of hydrogen-bond donors (Lipinski definition) is 1. The fourth-order valence-corrected chi connectivity index (χ4v) is 2.59. The van der Waals surface area contributed by atoms with Crippen molar-refractivity contribution in [3.63, 3.8) is 0 Å². The van der Waals surface area contributed by atoms with E-state index in [4.69, 9.17) is 9.47 Å². The van der Waals surface area contributed by atoms with Gasteiger partial charge in [-0.05, 0) is 31.0 Å². The number of ether oxygens (including phenoxy) is 2. The predicted molar refractivity (Wildman–Crippen MR) is 77.2 cm³/mol. The second-order valence-corrected chi connectivity index (χ2v) is 5.06. The highest BCUT2D eigenvalue weighted by Crippen LogP contribution is 2.36. The Labute approximate surface area is 115 Å². The number of rotatable bonds is 4. The van der Waals surface area contributed by atoms with Crippen LogP contribution in [-0.4, -0.2) is 45.3 Å². The Hall–Kier alpha value is -1.26. The number of nitrogens with one attached hydrogen (secondary N) is 1. The number of aryl methyl sites for hydroxylation is 1. The first-order valence-electron chi connectivity index (χ1n) is 6.81. The van der Waals surface area contributed by atoms with Gasteiger partial charge in [-0.25, -0.2) is 0 Å². The average molecular weight is 264 g/mol. The van der Waals surface area contributed by atoms with Gasteiger partial charge in [-0.1, -0.05) is 0 Å². The molecule has 0 amide bonds. The van der Waals surface area contributed by atoms with Crippen LogP contribution in [0.2, 0.25) is 0 Å². The highest BCUT2D eigenvalue weighted by molar-refractivity contribution is 5.53. The topological polar surface area (TPSA) is 33.7 Å². The van der Waals surface area contributed by atoms with E-state index in [9.17, 15) is 0 Å². The summed E-state index contributed by atoms with van der Waals surface area (Å²) in [5.74, 6) is 1.71. The van der Waals surface area contributed by atoms with Crippen LogP contribution in [0.15, 0.2) is 6.07 Å². The van der Waals surface area contributed by atoms with Crippen molar-refractivity contribution in [2.24, 2.45) is 0 Å². The molecule has 0 saturated carbocycles. The van der Waals surface area contributed by atoms with Crippen LogP contribution in [-0.2, 0) is 6.54 Å². The van der Waals surface area contributed by atoms with Gasteiger partial charge in [0.05, 0.1) is 14.2 Å². The zero-order chi connectivity index (χ0) is 13.8. The molecular formula is C15H24N2O2. The summed E-state index contributed by atoms with van der Waals surface area (Å²) in [6, 6.07) is 2.05. The number of hydrogen-bond acceptors (Lipinski definition) is 4. The molecule has 0 radical (unpaired) electrons. The lowest BCUT2D eigenvalue weighted by Crippen LogP contribution is -2.43. The lowest BCUT2D eigenvalue weighted by atomic mass is 10.0. The zero-order valence-corrected chi connectivity index (χ0v) is 12.4. The molecule has 1 heterocycles. The third-order valence-electron chi connectivity index (χ3n) is 3.91. The van der Waals surface area contributed by atoms with Crippen LogP contribution >= 0.6 is 0 Å². The number of methoxy groups -OCH3 is 2. The summed E-state index contributed by atoms with van der Waals surface area (Å²) in [5.41, 5.74) is 3.81. The fraction of sp³-hybridized carbons (Fsp3) is 0.600. The van der Waals surface area contributed by atoms with Crippen LogP contribution in [0.5, 0.6) is 11.5 Å². The molecule has 1 N–H and O–H groups in total. The molecule has 1 aromatic rings. The third-order valence-corrected chi connectivity index (χ3v) is 3.91. The van der Waals surface area contributed by atoms with E-state index in [1.54, 1.807) is 14.2 Å². The van der Waals surface area contributed by atoms with Crippen molar-refractivity contribution in [3.8, 4) is 11.5 Å². The minimum absolute atomic E-state index is 0.829. The Bertz CT molecular complexity index is 440. The van der Waals surface area contributed by atoms with E-state index in [0.29, 0.717) is 0 Å². The van der Waals surface area contributed by atoms with Gasteiger partial charge in [0, 0.05) is 38.3 Å². The Morgan fingerprint density at radius 1 is 1.16 bits per heavy atom. The summed E-state index contributed by atoms with van der Waals surface area (Å²) in [7, 11) is 3.41. The molecule has 4 nitrogen and oxygen atoms in total. The maximum absolute atomic E-state index is 5.58. The second-order valence-electron chi connectivity index (χ2n) is 5.06. The van der Waals surface area contributed by atoms with Crippen molar-refractivity contribution in [2.75, 3.05) is 40.4 Å². The van der Waals surface area contributed by atoms with Crippen LogP contribution in [0.4, 0.5) is 0 Å². The number of nitrogens with zero attached hydrogens (tertiary/aromatic N) is 1. The van der Waals surface area contributed by atoms with Gasteiger partial charge in [-0.15, -0.1) is 0 Å². The molecule has 2 rings (SSSR count). The van der Waals surface area contributed by atoms with E-state index in [1.807, 2.05) is 0 Å². The van der Waals surface area contributed by atoms with Crippen molar-refractivity contribution in [1.29, 1.82) is 0 Å². The number of piperazine rings is 1. The van der Waals surface area contributed by atoms with Crippen molar-refractivity contribution in [2.45, 2.75) is 20.4 Å². The second kappa shape index (κ2) is 6.26. The molecule has 0 bridgehead atoms. The average Bonchev–Trinajstić information content (AvgIpc) is 2.44. The molecule has 1 aliphatic heterocycles. The quantitative estimate of drug-likeness (QED) is 0.898. The van der Waals surface area contributed by atoms with E-state index >= 15 is 0 Å². The van der Waals surface area contributed by atoms with Crippen molar-refractivity contribution >= 4 is 0 Å². The van der Waals surface area contributed by atoms with Crippen LogP contribution in [0, 0.1) is 13.8 Å². The highest BCUT2D eigenvalue weighted by atomic mass is 16.5. The summed E-state index contributed by atoms with van der Waals surface area (Å²) in [5, 5.41) is 3.38. The van der Waals surface area contributed by atoms with E-state index < -0.39 is 0 Å². The fourth-order valence-electron chi connectivity index (χ4n) is 2.59. The van der Waals surface area contributed by atoms with Gasteiger partial charge in [-0.3, -0.25) is 4.90 Å². The van der Waals surface area contributed by atoms with Crippen LogP contribution < -0.4 is 14.8 Å². The summed E-state index contributed by atoms with van der Waals surface area (Å²) in [6.07, 6.45) is 0. The SMILES string of the molecule is COc1cc(C)c(C)c(CN2CCNCC2)c1OC. The van der Waals surface area contributed by atoms with Gasteiger partial charge in [0.1, 0.15) is 0 Å². The predicted octanol–water partition coefficient (Wildman–Crippen LogP) is 1.73. The van der Waals surface area contributed by atoms with Crippen molar-refractivity contribution in [3.05, 3.63) is 22.8 Å². The molecule has 1 aromatic carbocycles. The lowest BCUT2D eigenvalue weighted by molar-refractivity contribution is 0.228. The van der Waals surface area contributed by atoms with Crippen LogP contribution in [0.25, 0.3) is 0 Å². The molecule has 0 unspecified atom stereocenters. The van der Waals surface area contributed by atoms with Crippen LogP contribution in [0.3, 0.4) is 0 Å². The summed E-state index contributed by atoms with van der Waals surface area (Å²) >= 11 is 0. The van der Waals surface area contributed by atoms with E-state index in [0.717, 1.165) is 44.2 Å². The van der Waals surface area contributed by atoms with E-state index in [2.05, 4.69) is 30.1 Å². The highest BCUT2D eigenvalue weighted by Gasteiger charge is 2.19. The van der Waals surface area contributed by atoms with E-state index in [1.165, 1.54) is 16.7 Å². The van der Waals surface area contributed by atoms with Gasteiger partial charge in [0.15, 0.2) is 11.5 Å². The van der Waals surface area contributed by atoms with Gasteiger partial charge >= 0.3 is 0 Å². The molecule has 0 atom stereocenters. The van der Waals surface area contributed by atoms with Gasteiger partial charge in [-0.2, -0.15) is 0 Å². The first-order valence-corrected chi connectivity index (χ1v) is 6.81. The maximum Gasteiger partial charge on any atom is 0.165 e. The molecule has 1 saturated heterocycles. The third kappa shape index (κ3) is 3.01. The first kappa shape index (κ1) is 14.2. The lowest BCUT2D eigenvalue weighted by Gasteiger charge is -2.29. The summed E-state index contributed by atoms with van der Waals surface area (Å²) in [4.78, 5) is 2.46. The molecule has 0 spiro atoms. The Morgan fingerprint density at radius 2 is 1.84 bits per heavy atom. The molecule has 19 heavy (non-hydrogen) atoms. The normalized spacial score (nSPS) is 16.4. The standard InChI is InChI=1S/C15H24N2O2/c1-11-9-14(18-3)15(19-4)13(12(11)2)10-17-7-5-16-6-8-17/h9,16H,5-8,10H2,1-4H3. The smallest absolute Gasteiger partial charge is 0.165 e. The summed E-state index contributed by atoms with van der Waals surface area (Å²) < 4.78 is 11.0.